The van der Waals surface area contributed by atoms with Gasteiger partial charge in [-0.05, 0) is 54.8 Å². The van der Waals surface area contributed by atoms with E-state index < -0.39 is 0 Å². The first-order chi connectivity index (χ1) is 11.1. The summed E-state index contributed by atoms with van der Waals surface area (Å²) in [6, 6.07) is 7.37. The number of nitrogens with one attached hydrogen (secondary N) is 2. The molecule has 0 spiro atoms. The Morgan fingerprint density at radius 1 is 1.35 bits per heavy atom. The van der Waals surface area contributed by atoms with Crippen LogP contribution in [0.3, 0.4) is 0 Å². The molecule has 0 atom stereocenters. The maximum Gasteiger partial charge on any atom is 0.115 e. The molecular weight excluding hydrogens is 284 g/mol. The summed E-state index contributed by atoms with van der Waals surface area (Å²) in [7, 11) is 0. The minimum absolute atomic E-state index is 0.317. The summed E-state index contributed by atoms with van der Waals surface area (Å²) in [4.78, 5) is 0. The fraction of sp³-hybridized carbons (Fsp3) is 0.400. The standard InChI is InChI=1S/C20H30N2O/c1-4-12-21-15-18(8-5-7-17(2)3)11-13-22-16-19-9-6-10-20(23)14-19/h4-7,9-10,14-15,17,21-23H,1,8,11-13,16H2,2-3H3/b7-5-,18-15+. The van der Waals surface area contributed by atoms with Crippen LogP contribution in [-0.4, -0.2) is 18.2 Å². The third-order valence-corrected chi connectivity index (χ3v) is 3.33. The largest absolute Gasteiger partial charge is 0.508 e. The number of phenolic OH excluding ortho intramolecular Hbond substituents is 1. The molecule has 0 unspecified atom stereocenters. The predicted octanol–water partition coefficient (Wildman–Crippen LogP) is 4.13. The molecule has 0 saturated carbocycles. The van der Waals surface area contributed by atoms with Crippen LogP contribution in [0.2, 0.25) is 0 Å². The van der Waals surface area contributed by atoms with E-state index in [1.54, 1.807) is 12.1 Å². The Labute approximate surface area is 140 Å². The molecule has 3 heteroatoms. The van der Waals surface area contributed by atoms with Crippen molar-refractivity contribution in [2.75, 3.05) is 13.1 Å². The highest BCUT2D eigenvalue weighted by Crippen LogP contribution is 2.11. The lowest BCUT2D eigenvalue weighted by Gasteiger charge is -2.09. The number of allylic oxidation sites excluding steroid dienone is 2. The highest BCUT2D eigenvalue weighted by atomic mass is 16.3. The molecule has 0 fully saturated rings. The second-order valence-electron chi connectivity index (χ2n) is 5.97. The van der Waals surface area contributed by atoms with Crippen LogP contribution in [0.1, 0.15) is 32.3 Å². The van der Waals surface area contributed by atoms with Crippen LogP contribution in [0, 0.1) is 5.92 Å². The van der Waals surface area contributed by atoms with Crippen LogP contribution < -0.4 is 10.6 Å². The van der Waals surface area contributed by atoms with E-state index in [1.807, 2.05) is 18.2 Å². The molecular formula is C20H30N2O. The lowest BCUT2D eigenvalue weighted by atomic mass is 10.1. The fourth-order valence-electron chi connectivity index (χ4n) is 2.16. The van der Waals surface area contributed by atoms with Crippen LogP contribution in [0.5, 0.6) is 5.75 Å². The van der Waals surface area contributed by atoms with Gasteiger partial charge in [0.25, 0.3) is 0 Å². The highest BCUT2D eigenvalue weighted by molar-refractivity contribution is 5.26. The van der Waals surface area contributed by atoms with E-state index >= 15 is 0 Å². The smallest absolute Gasteiger partial charge is 0.115 e. The van der Waals surface area contributed by atoms with Crippen molar-refractivity contribution in [2.24, 2.45) is 5.92 Å². The van der Waals surface area contributed by atoms with Crippen molar-refractivity contribution < 1.29 is 5.11 Å². The van der Waals surface area contributed by atoms with Gasteiger partial charge in [0.15, 0.2) is 0 Å². The van der Waals surface area contributed by atoms with Crippen molar-refractivity contribution in [3.05, 3.63) is 66.4 Å². The summed E-state index contributed by atoms with van der Waals surface area (Å²) in [6.45, 7) is 10.6. The molecule has 126 valence electrons. The molecule has 0 bridgehead atoms. The van der Waals surface area contributed by atoms with E-state index in [1.165, 1.54) is 5.57 Å². The van der Waals surface area contributed by atoms with Crippen molar-refractivity contribution in [2.45, 2.75) is 33.2 Å². The SMILES string of the molecule is C=CCN/C=C(\C/C=C\C(C)C)CCNCc1cccc(O)c1. The summed E-state index contributed by atoms with van der Waals surface area (Å²) >= 11 is 0. The zero-order valence-electron chi connectivity index (χ0n) is 14.4. The number of hydrogen-bond acceptors (Lipinski definition) is 3. The van der Waals surface area contributed by atoms with Crippen molar-refractivity contribution in [1.82, 2.24) is 10.6 Å². The molecule has 1 aromatic carbocycles. The molecule has 23 heavy (non-hydrogen) atoms. The lowest BCUT2D eigenvalue weighted by molar-refractivity contribution is 0.474. The predicted molar refractivity (Wildman–Crippen MR) is 99.3 cm³/mol. The number of phenols is 1. The number of rotatable bonds is 11. The van der Waals surface area contributed by atoms with E-state index in [9.17, 15) is 5.11 Å². The maximum absolute atomic E-state index is 9.46. The monoisotopic (exact) mass is 314 g/mol. The average molecular weight is 314 g/mol. The maximum atomic E-state index is 9.46. The van der Waals surface area contributed by atoms with E-state index in [-0.39, 0.29) is 0 Å². The minimum Gasteiger partial charge on any atom is -0.508 e. The molecule has 3 nitrogen and oxygen atoms in total. The van der Waals surface area contributed by atoms with Crippen molar-refractivity contribution in [3.8, 4) is 5.75 Å². The fourth-order valence-corrected chi connectivity index (χ4v) is 2.16. The first-order valence-corrected chi connectivity index (χ1v) is 8.29. The Balaban J connectivity index is 2.40. The molecule has 0 radical (unpaired) electrons. The molecule has 0 aliphatic heterocycles. The van der Waals surface area contributed by atoms with Crippen molar-refractivity contribution in [1.29, 1.82) is 0 Å². The molecule has 0 heterocycles. The zero-order chi connectivity index (χ0) is 16.9. The van der Waals surface area contributed by atoms with Crippen LogP contribution in [0.15, 0.2) is 60.8 Å². The van der Waals surface area contributed by atoms with E-state index in [0.29, 0.717) is 11.7 Å². The number of hydrogen-bond donors (Lipinski definition) is 3. The summed E-state index contributed by atoms with van der Waals surface area (Å²) in [6.07, 6.45) is 10.4. The minimum atomic E-state index is 0.317. The molecule has 0 saturated heterocycles. The van der Waals surface area contributed by atoms with Crippen LogP contribution in [-0.2, 0) is 6.54 Å². The topological polar surface area (TPSA) is 44.3 Å². The molecule has 1 rings (SSSR count). The molecule has 0 aromatic heterocycles. The Hall–Kier alpha value is -2.00. The summed E-state index contributed by atoms with van der Waals surface area (Å²) in [5.41, 5.74) is 2.46. The van der Waals surface area contributed by atoms with Gasteiger partial charge in [0.05, 0.1) is 0 Å². The molecule has 0 aliphatic rings. The van der Waals surface area contributed by atoms with Crippen molar-refractivity contribution >= 4 is 0 Å². The van der Waals surface area contributed by atoms with Gasteiger partial charge in [-0.25, -0.2) is 0 Å². The second kappa shape index (κ2) is 11.6. The van der Waals surface area contributed by atoms with E-state index in [4.69, 9.17) is 0 Å². The first-order valence-electron chi connectivity index (χ1n) is 8.29. The van der Waals surface area contributed by atoms with Gasteiger partial charge in [0, 0.05) is 13.1 Å². The van der Waals surface area contributed by atoms with Gasteiger partial charge in [-0.3, -0.25) is 0 Å². The summed E-state index contributed by atoms with van der Waals surface area (Å²) in [5.74, 6) is 0.901. The highest BCUT2D eigenvalue weighted by Gasteiger charge is 1.98. The van der Waals surface area contributed by atoms with Gasteiger partial charge < -0.3 is 15.7 Å². The van der Waals surface area contributed by atoms with Gasteiger partial charge in [-0.2, -0.15) is 0 Å². The summed E-state index contributed by atoms with van der Waals surface area (Å²) in [5, 5.41) is 16.1. The lowest BCUT2D eigenvalue weighted by Crippen LogP contribution is -2.16. The van der Waals surface area contributed by atoms with Crippen LogP contribution in [0.25, 0.3) is 0 Å². The number of benzene rings is 1. The molecule has 3 N–H and O–H groups in total. The Kier molecular flexibility index (Phi) is 9.57. The first kappa shape index (κ1) is 19.0. The third-order valence-electron chi connectivity index (χ3n) is 3.33. The Morgan fingerprint density at radius 3 is 2.87 bits per heavy atom. The molecule has 1 aromatic rings. The van der Waals surface area contributed by atoms with Gasteiger partial charge >= 0.3 is 0 Å². The number of aromatic hydroxyl groups is 1. The van der Waals surface area contributed by atoms with Gasteiger partial charge in [0.1, 0.15) is 5.75 Å². The van der Waals surface area contributed by atoms with Gasteiger partial charge in [-0.1, -0.05) is 44.2 Å². The average Bonchev–Trinajstić information content (AvgIpc) is 2.51. The Bertz CT molecular complexity index is 518. The van der Waals surface area contributed by atoms with Crippen LogP contribution >= 0.6 is 0 Å². The van der Waals surface area contributed by atoms with E-state index in [2.05, 4.69) is 49.4 Å². The quantitative estimate of drug-likeness (QED) is 0.425. The third kappa shape index (κ3) is 9.59. The van der Waals surface area contributed by atoms with Gasteiger partial charge in [0.2, 0.25) is 0 Å². The normalized spacial score (nSPS) is 12.0. The zero-order valence-corrected chi connectivity index (χ0v) is 14.4. The van der Waals surface area contributed by atoms with Crippen LogP contribution in [0.4, 0.5) is 0 Å². The summed E-state index contributed by atoms with van der Waals surface area (Å²) < 4.78 is 0. The van der Waals surface area contributed by atoms with Gasteiger partial charge in [-0.15, -0.1) is 6.58 Å². The van der Waals surface area contributed by atoms with Crippen molar-refractivity contribution in [3.63, 3.8) is 0 Å². The second-order valence-corrected chi connectivity index (χ2v) is 5.97. The molecule has 0 aliphatic carbocycles. The Morgan fingerprint density at radius 2 is 2.17 bits per heavy atom. The van der Waals surface area contributed by atoms with E-state index in [0.717, 1.165) is 38.0 Å². The molecule has 0 amide bonds.